The zero-order valence-corrected chi connectivity index (χ0v) is 24.1. The maximum Gasteiger partial charge on any atom is 0.128 e. The van der Waals surface area contributed by atoms with Crippen molar-refractivity contribution in [3.05, 3.63) is 70.3 Å². The first kappa shape index (κ1) is 27.7. The van der Waals surface area contributed by atoms with E-state index in [1.807, 2.05) is 12.1 Å². The van der Waals surface area contributed by atoms with Gasteiger partial charge in [0.1, 0.15) is 11.6 Å². The molecule has 0 amide bonds. The fourth-order valence-electron chi connectivity index (χ4n) is 7.78. The Kier molecular flexibility index (Phi) is 8.25. The number of halogens is 2. The van der Waals surface area contributed by atoms with Crippen molar-refractivity contribution in [2.75, 3.05) is 54.4 Å². The first-order valence-corrected chi connectivity index (χ1v) is 14.5. The summed E-state index contributed by atoms with van der Waals surface area (Å²) in [6.45, 7) is 8.91. The monoisotopic (exact) mass is 524 g/mol. The van der Waals surface area contributed by atoms with Crippen LogP contribution in [-0.2, 0) is 12.8 Å². The van der Waals surface area contributed by atoms with Crippen molar-refractivity contribution in [1.29, 1.82) is 0 Å². The van der Waals surface area contributed by atoms with Gasteiger partial charge < -0.3 is 9.80 Å². The van der Waals surface area contributed by atoms with Crippen molar-refractivity contribution in [3.63, 3.8) is 0 Å². The molecule has 0 N–H and O–H groups in total. The average Bonchev–Trinajstić information content (AvgIpc) is 3.64. The minimum Gasteiger partial charge on any atom is -0.305 e. The molecule has 0 bridgehead atoms. The zero-order valence-electron chi connectivity index (χ0n) is 24.1. The third kappa shape index (κ3) is 5.30. The molecular weight excluding hydrogens is 478 g/mol. The Morgan fingerprint density at radius 1 is 0.632 bits per heavy atom. The molecule has 2 heterocycles. The molecule has 2 aromatic carbocycles. The molecule has 2 aromatic rings. The third-order valence-electron chi connectivity index (χ3n) is 9.74. The normalized spacial score (nSPS) is 31.1. The van der Waals surface area contributed by atoms with Gasteiger partial charge in [0.2, 0.25) is 0 Å². The van der Waals surface area contributed by atoms with Crippen molar-refractivity contribution >= 4 is 0 Å². The van der Waals surface area contributed by atoms with Gasteiger partial charge in [-0.15, -0.1) is 0 Å². The number of likely N-dealkylation sites (tertiary alicyclic amines) is 2. The van der Waals surface area contributed by atoms with Crippen LogP contribution in [0, 0.1) is 23.5 Å². The number of hydrogen-bond acceptors (Lipinski definition) is 4. The molecule has 0 aromatic heterocycles. The summed E-state index contributed by atoms with van der Waals surface area (Å²) in [5.41, 5.74) is 4.36. The summed E-state index contributed by atoms with van der Waals surface area (Å²) < 4.78 is 28.2. The van der Waals surface area contributed by atoms with E-state index in [9.17, 15) is 8.78 Å². The van der Waals surface area contributed by atoms with Gasteiger partial charge in [-0.05, 0) is 89.0 Å². The maximum absolute atomic E-state index is 14.1. The maximum atomic E-state index is 14.1. The van der Waals surface area contributed by atoms with Crippen LogP contribution in [-0.4, -0.2) is 86.1 Å². The van der Waals surface area contributed by atoms with Crippen molar-refractivity contribution in [2.45, 2.75) is 63.7 Å². The SMILES string of the molecule is C[C@@H]1CN([C@@H]2CCc3cccc(F)c32)C[C@H]1N(C)C.C[C@@H]1CN([C@H]2CCc3cccc(F)c32)C[C@H]1N(C)C. The molecule has 2 aliphatic carbocycles. The van der Waals surface area contributed by atoms with Gasteiger partial charge in [-0.1, -0.05) is 38.1 Å². The second-order valence-corrected chi connectivity index (χ2v) is 12.7. The van der Waals surface area contributed by atoms with E-state index in [2.05, 4.69) is 73.8 Å². The van der Waals surface area contributed by atoms with E-state index in [0.717, 1.165) is 63.0 Å². The van der Waals surface area contributed by atoms with Crippen LogP contribution in [0.2, 0.25) is 0 Å². The molecule has 4 nitrogen and oxygen atoms in total. The smallest absolute Gasteiger partial charge is 0.128 e. The predicted molar refractivity (Wildman–Crippen MR) is 151 cm³/mol. The van der Waals surface area contributed by atoms with Crippen LogP contribution >= 0.6 is 0 Å². The van der Waals surface area contributed by atoms with Crippen molar-refractivity contribution in [1.82, 2.24) is 19.6 Å². The molecule has 0 saturated carbocycles. The number of hydrogen-bond donors (Lipinski definition) is 0. The average molecular weight is 525 g/mol. The summed E-state index contributed by atoms with van der Waals surface area (Å²) in [7, 11) is 8.59. The van der Waals surface area contributed by atoms with E-state index in [0.29, 0.717) is 36.0 Å². The van der Waals surface area contributed by atoms with E-state index < -0.39 is 0 Å². The van der Waals surface area contributed by atoms with Crippen molar-refractivity contribution in [3.8, 4) is 0 Å². The summed E-state index contributed by atoms with van der Waals surface area (Å²) in [6.07, 6.45) is 4.19. The van der Waals surface area contributed by atoms with E-state index in [1.165, 1.54) is 11.1 Å². The molecule has 38 heavy (non-hydrogen) atoms. The van der Waals surface area contributed by atoms with Crippen LogP contribution < -0.4 is 0 Å². The zero-order chi connectivity index (χ0) is 27.1. The number of fused-ring (bicyclic) bond motifs is 2. The molecule has 0 spiro atoms. The molecule has 2 aliphatic heterocycles. The van der Waals surface area contributed by atoms with Crippen molar-refractivity contribution in [2.24, 2.45) is 11.8 Å². The molecule has 4 aliphatic rings. The molecule has 6 atom stereocenters. The second-order valence-electron chi connectivity index (χ2n) is 12.7. The van der Waals surface area contributed by atoms with E-state index in [-0.39, 0.29) is 11.6 Å². The van der Waals surface area contributed by atoms with Gasteiger partial charge in [-0.2, -0.15) is 0 Å². The summed E-state index contributed by atoms with van der Waals surface area (Å²) in [4.78, 5) is 9.60. The summed E-state index contributed by atoms with van der Waals surface area (Å²) in [5, 5.41) is 0. The Morgan fingerprint density at radius 3 is 1.37 bits per heavy atom. The Labute approximate surface area is 228 Å². The van der Waals surface area contributed by atoms with E-state index >= 15 is 0 Å². The van der Waals surface area contributed by atoms with Crippen LogP contribution in [0.3, 0.4) is 0 Å². The molecule has 6 heteroatoms. The highest BCUT2D eigenvalue weighted by Crippen LogP contribution is 2.41. The third-order valence-corrected chi connectivity index (χ3v) is 9.74. The van der Waals surface area contributed by atoms with Gasteiger partial charge in [0, 0.05) is 61.5 Å². The largest absolute Gasteiger partial charge is 0.305 e. The summed E-state index contributed by atoms with van der Waals surface area (Å²) in [5.74, 6) is 1.29. The van der Waals surface area contributed by atoms with E-state index in [1.54, 1.807) is 12.1 Å². The lowest BCUT2D eigenvalue weighted by atomic mass is 10.1. The van der Waals surface area contributed by atoms with Crippen LogP contribution in [0.4, 0.5) is 8.78 Å². The van der Waals surface area contributed by atoms with E-state index in [4.69, 9.17) is 0 Å². The fraction of sp³-hybridized carbons (Fsp3) is 0.625. The van der Waals surface area contributed by atoms with Gasteiger partial charge in [-0.25, -0.2) is 8.78 Å². The number of nitrogens with zero attached hydrogens (tertiary/aromatic N) is 4. The van der Waals surface area contributed by atoms with Crippen LogP contribution in [0.1, 0.15) is 61.0 Å². The van der Waals surface area contributed by atoms with Gasteiger partial charge >= 0.3 is 0 Å². The van der Waals surface area contributed by atoms with Gasteiger partial charge in [0.25, 0.3) is 0 Å². The van der Waals surface area contributed by atoms with Crippen molar-refractivity contribution < 1.29 is 8.78 Å². The highest BCUT2D eigenvalue weighted by molar-refractivity contribution is 5.37. The quantitative estimate of drug-likeness (QED) is 0.532. The molecule has 0 radical (unpaired) electrons. The highest BCUT2D eigenvalue weighted by atomic mass is 19.1. The minimum absolute atomic E-state index is 0.0130. The lowest BCUT2D eigenvalue weighted by molar-refractivity contribution is 0.213. The Bertz CT molecular complexity index is 1030. The lowest BCUT2D eigenvalue weighted by Crippen LogP contribution is -2.35. The molecular formula is C32H46F2N4. The van der Waals surface area contributed by atoms with Crippen LogP contribution in [0.15, 0.2) is 36.4 Å². The number of aryl methyl sites for hydroxylation is 2. The minimum atomic E-state index is -0.0130. The Hall–Kier alpha value is -1.86. The van der Waals surface area contributed by atoms with Gasteiger partial charge in [0.05, 0.1) is 0 Å². The second kappa shape index (κ2) is 11.3. The number of rotatable bonds is 4. The molecule has 2 saturated heterocycles. The standard InChI is InChI=1S/2C16H23FN2/c2*1-11-9-19(10-15(11)18(2)3)14-8-7-12-5-4-6-13(17)16(12)14/h2*4-6,11,14-15H,7-10H2,1-3H3/t11-,14+,15-;11-,14-,15-/m11/s1. The summed E-state index contributed by atoms with van der Waals surface area (Å²) in [6, 6.07) is 12.8. The molecule has 0 unspecified atom stereocenters. The highest BCUT2D eigenvalue weighted by Gasteiger charge is 2.40. The molecule has 2 fully saturated rings. The fourth-order valence-corrected chi connectivity index (χ4v) is 7.78. The Morgan fingerprint density at radius 2 is 1.03 bits per heavy atom. The number of benzene rings is 2. The first-order valence-electron chi connectivity index (χ1n) is 14.5. The first-order chi connectivity index (χ1) is 18.2. The topological polar surface area (TPSA) is 13.0 Å². The van der Waals surface area contributed by atoms with Crippen LogP contribution in [0.5, 0.6) is 0 Å². The number of likely N-dealkylation sites (N-methyl/N-ethyl adjacent to an activating group) is 2. The Balaban J connectivity index is 0.000000155. The van der Waals surface area contributed by atoms with Crippen LogP contribution in [0.25, 0.3) is 0 Å². The van der Waals surface area contributed by atoms with Gasteiger partial charge in [-0.3, -0.25) is 9.80 Å². The molecule has 6 rings (SSSR count). The predicted octanol–water partition coefficient (Wildman–Crippen LogP) is 5.39. The molecule has 208 valence electrons. The lowest BCUT2D eigenvalue weighted by Gasteiger charge is -2.26. The summed E-state index contributed by atoms with van der Waals surface area (Å²) >= 11 is 0. The van der Waals surface area contributed by atoms with Gasteiger partial charge in [0.15, 0.2) is 0 Å².